The Bertz CT molecular complexity index is 2070. The number of para-hydroxylation sites is 2. The highest BCUT2D eigenvalue weighted by Crippen LogP contribution is 2.47. The lowest BCUT2D eigenvalue weighted by Gasteiger charge is -2.27. The summed E-state index contributed by atoms with van der Waals surface area (Å²) in [6.45, 7) is 4.79. The van der Waals surface area contributed by atoms with Crippen molar-refractivity contribution < 1.29 is 28.2 Å². The highest BCUT2D eigenvalue weighted by Gasteiger charge is 2.40. The summed E-state index contributed by atoms with van der Waals surface area (Å²) in [6, 6.07) is 12.5. The third-order valence-electron chi connectivity index (χ3n) is 10.2. The summed E-state index contributed by atoms with van der Waals surface area (Å²) in [5.74, 6) is -1.48. The highest BCUT2D eigenvalue weighted by molar-refractivity contribution is 6.39. The van der Waals surface area contributed by atoms with Crippen LogP contribution in [0.5, 0.6) is 5.75 Å². The van der Waals surface area contributed by atoms with Crippen LogP contribution in [0.15, 0.2) is 47.3 Å². The summed E-state index contributed by atoms with van der Waals surface area (Å²) in [6.07, 6.45) is 3.66. The summed E-state index contributed by atoms with van der Waals surface area (Å²) in [5.41, 5.74) is 2.15. The van der Waals surface area contributed by atoms with E-state index in [-0.39, 0.29) is 35.0 Å². The second-order valence-electron chi connectivity index (χ2n) is 13.4. The summed E-state index contributed by atoms with van der Waals surface area (Å²) in [4.78, 5) is 42.6. The van der Waals surface area contributed by atoms with Crippen molar-refractivity contribution in [1.29, 1.82) is 0 Å². The summed E-state index contributed by atoms with van der Waals surface area (Å²) < 4.78 is 34.9. The van der Waals surface area contributed by atoms with Gasteiger partial charge in [0.15, 0.2) is 11.6 Å². The van der Waals surface area contributed by atoms with Crippen LogP contribution in [-0.4, -0.2) is 56.1 Å². The first kappa shape index (κ1) is 35.1. The number of anilines is 3. The topological polar surface area (TPSA) is 111 Å². The number of piperidine rings is 1. The molecule has 51 heavy (non-hydrogen) atoms. The Hall–Kier alpha value is -4.32. The van der Waals surface area contributed by atoms with Gasteiger partial charge in [-0.3, -0.25) is 9.59 Å². The SMILES string of the molecule is COc1c(N2CC3CCCNC3C2)c(F)c(C)c2c(=O)c(C(=O)OCOC(=O)Cc3ccccc3Nc3c(Cl)cccc3Cl)c(C)n(C3CC3)c12. The minimum Gasteiger partial charge on any atom is -0.492 e. The van der Waals surface area contributed by atoms with E-state index < -0.39 is 30.0 Å². The Labute approximate surface area is 304 Å². The van der Waals surface area contributed by atoms with E-state index in [0.717, 1.165) is 32.2 Å². The van der Waals surface area contributed by atoms with E-state index in [2.05, 4.69) is 10.6 Å². The maximum atomic E-state index is 16.4. The van der Waals surface area contributed by atoms with Crippen molar-refractivity contribution in [2.75, 3.05) is 43.8 Å². The average molecular weight is 738 g/mol. The van der Waals surface area contributed by atoms with Crippen molar-refractivity contribution in [3.8, 4) is 5.75 Å². The van der Waals surface area contributed by atoms with Gasteiger partial charge in [0.05, 0.1) is 40.2 Å². The molecule has 0 amide bonds. The predicted octanol–water partition coefficient (Wildman–Crippen LogP) is 7.24. The molecule has 268 valence electrons. The number of nitrogens with one attached hydrogen (secondary N) is 2. The van der Waals surface area contributed by atoms with Gasteiger partial charge < -0.3 is 34.3 Å². The second kappa shape index (κ2) is 14.4. The number of carbonyl (C=O) groups is 2. The van der Waals surface area contributed by atoms with E-state index in [1.165, 1.54) is 7.11 Å². The van der Waals surface area contributed by atoms with Crippen molar-refractivity contribution in [3.05, 3.63) is 90.9 Å². The number of methoxy groups -OCH3 is 1. The molecule has 3 aliphatic rings. The number of esters is 2. The Balaban J connectivity index is 1.13. The van der Waals surface area contributed by atoms with Crippen molar-refractivity contribution in [1.82, 2.24) is 9.88 Å². The number of hydrogen-bond donors (Lipinski definition) is 2. The first-order valence-electron chi connectivity index (χ1n) is 17.1. The molecule has 10 nitrogen and oxygen atoms in total. The molecular weight excluding hydrogens is 698 g/mol. The molecule has 0 radical (unpaired) electrons. The van der Waals surface area contributed by atoms with Gasteiger partial charge >= 0.3 is 11.9 Å². The van der Waals surface area contributed by atoms with Crippen LogP contribution in [0.3, 0.4) is 0 Å². The smallest absolute Gasteiger partial charge is 0.346 e. The number of aromatic nitrogens is 1. The number of pyridine rings is 1. The zero-order valence-electron chi connectivity index (χ0n) is 28.6. The van der Waals surface area contributed by atoms with Gasteiger partial charge in [0.1, 0.15) is 11.3 Å². The fourth-order valence-corrected chi connectivity index (χ4v) is 8.08. The number of rotatable bonds is 10. The number of hydrogen-bond acceptors (Lipinski definition) is 9. The molecule has 2 saturated heterocycles. The van der Waals surface area contributed by atoms with Crippen LogP contribution < -0.4 is 25.7 Å². The number of halogens is 3. The summed E-state index contributed by atoms with van der Waals surface area (Å²) in [5, 5.41) is 7.63. The molecule has 1 saturated carbocycles. The quantitative estimate of drug-likeness (QED) is 0.129. The van der Waals surface area contributed by atoms with Crippen LogP contribution in [0.25, 0.3) is 10.9 Å². The Morgan fingerprint density at radius 2 is 1.76 bits per heavy atom. The molecule has 7 rings (SSSR count). The Kier molecular flexibility index (Phi) is 9.88. The van der Waals surface area contributed by atoms with Gasteiger partial charge in [-0.15, -0.1) is 0 Å². The predicted molar refractivity (Wildman–Crippen MR) is 195 cm³/mol. The molecule has 3 heterocycles. The minimum absolute atomic E-state index is 0.00115. The van der Waals surface area contributed by atoms with Gasteiger partial charge in [-0.2, -0.15) is 0 Å². The fraction of sp³-hybridized carbons (Fsp3) is 0.395. The Morgan fingerprint density at radius 3 is 2.47 bits per heavy atom. The third-order valence-corrected chi connectivity index (χ3v) is 10.8. The van der Waals surface area contributed by atoms with E-state index in [4.69, 9.17) is 37.4 Å². The van der Waals surface area contributed by atoms with Crippen LogP contribution in [0.4, 0.5) is 21.5 Å². The number of fused-ring (bicyclic) bond motifs is 2. The summed E-state index contributed by atoms with van der Waals surface area (Å²) >= 11 is 12.6. The van der Waals surface area contributed by atoms with Gasteiger partial charge in [-0.05, 0) is 75.8 Å². The molecule has 0 bridgehead atoms. The number of aryl methyl sites for hydroxylation is 1. The maximum absolute atomic E-state index is 16.4. The van der Waals surface area contributed by atoms with E-state index in [1.54, 1.807) is 56.3 Å². The van der Waals surface area contributed by atoms with Crippen molar-refractivity contribution in [3.63, 3.8) is 0 Å². The van der Waals surface area contributed by atoms with Gasteiger partial charge in [0.2, 0.25) is 12.2 Å². The highest BCUT2D eigenvalue weighted by atomic mass is 35.5. The van der Waals surface area contributed by atoms with Crippen LogP contribution in [0, 0.1) is 25.6 Å². The van der Waals surface area contributed by atoms with Crippen LogP contribution in [0.1, 0.15) is 58.9 Å². The molecule has 4 aromatic rings. The molecule has 2 aliphatic heterocycles. The van der Waals surface area contributed by atoms with Crippen molar-refractivity contribution >= 4 is 63.1 Å². The molecule has 2 N–H and O–H groups in total. The van der Waals surface area contributed by atoms with Crippen LogP contribution in [-0.2, 0) is 20.7 Å². The number of benzene rings is 3. The van der Waals surface area contributed by atoms with Crippen LogP contribution >= 0.6 is 23.2 Å². The Morgan fingerprint density at radius 1 is 1.02 bits per heavy atom. The lowest BCUT2D eigenvalue weighted by Crippen LogP contribution is -2.40. The van der Waals surface area contributed by atoms with Gasteiger partial charge in [0.25, 0.3) is 0 Å². The van der Waals surface area contributed by atoms with E-state index in [1.807, 2.05) is 9.47 Å². The zero-order chi connectivity index (χ0) is 36.0. The number of ether oxygens (including phenoxy) is 3. The van der Waals surface area contributed by atoms with E-state index in [0.29, 0.717) is 68.6 Å². The minimum atomic E-state index is -0.963. The van der Waals surface area contributed by atoms with E-state index >= 15 is 4.39 Å². The van der Waals surface area contributed by atoms with Crippen molar-refractivity contribution in [2.24, 2.45) is 5.92 Å². The van der Waals surface area contributed by atoms with Crippen LogP contribution in [0.2, 0.25) is 10.0 Å². The molecular formula is C38H39Cl2FN4O6. The van der Waals surface area contributed by atoms with Gasteiger partial charge in [0, 0.05) is 42.1 Å². The van der Waals surface area contributed by atoms with Crippen molar-refractivity contribution in [2.45, 2.75) is 58.0 Å². The largest absolute Gasteiger partial charge is 0.492 e. The summed E-state index contributed by atoms with van der Waals surface area (Å²) in [7, 11) is 1.49. The molecule has 2 unspecified atom stereocenters. The molecule has 13 heteroatoms. The second-order valence-corrected chi connectivity index (χ2v) is 14.2. The average Bonchev–Trinajstić information content (AvgIpc) is 3.85. The molecule has 3 fully saturated rings. The standard InChI is InChI=1S/C38H39Cl2FN4O6/c1-20-30-34(37(49-3)35(32(20)41)44-17-23-9-7-15-42-28(23)18-44)45(24-13-14-24)21(2)31(36(30)47)38(48)51-19-50-29(46)16-22-8-4-5-12-27(22)43-33-25(39)10-6-11-26(33)40/h4-6,8,10-12,23-24,28,42-43H,7,9,13-19H2,1-3H3. The molecule has 3 aromatic carbocycles. The lowest BCUT2D eigenvalue weighted by atomic mass is 9.94. The lowest BCUT2D eigenvalue weighted by molar-refractivity contribution is -0.151. The first-order valence-corrected chi connectivity index (χ1v) is 17.9. The van der Waals surface area contributed by atoms with Gasteiger partial charge in [-0.25, -0.2) is 9.18 Å². The normalized spacial score (nSPS) is 18.4. The first-order chi connectivity index (χ1) is 24.6. The molecule has 1 aliphatic carbocycles. The molecule has 0 spiro atoms. The number of carbonyl (C=O) groups excluding carboxylic acids is 2. The maximum Gasteiger partial charge on any atom is 0.346 e. The van der Waals surface area contributed by atoms with E-state index in [9.17, 15) is 14.4 Å². The molecule has 1 aromatic heterocycles. The zero-order valence-corrected chi connectivity index (χ0v) is 30.1. The third kappa shape index (κ3) is 6.63. The monoisotopic (exact) mass is 736 g/mol. The number of nitrogens with zero attached hydrogens (tertiary/aromatic N) is 2. The fourth-order valence-electron chi connectivity index (χ4n) is 7.59. The van der Waals surface area contributed by atoms with Gasteiger partial charge in [-0.1, -0.05) is 47.5 Å². The molecule has 2 atom stereocenters.